The molecule has 1 aliphatic heterocycles. The third kappa shape index (κ3) is 2.05. The first-order valence-electron chi connectivity index (χ1n) is 5.11. The van der Waals surface area contributed by atoms with Gasteiger partial charge in [-0.2, -0.15) is 0 Å². The fourth-order valence-corrected chi connectivity index (χ4v) is 2.60. The number of anilines is 1. The summed E-state index contributed by atoms with van der Waals surface area (Å²) in [5.74, 6) is -3.64. The molecule has 0 radical (unpaired) electrons. The van der Waals surface area contributed by atoms with Crippen molar-refractivity contribution in [2.24, 2.45) is 0 Å². The van der Waals surface area contributed by atoms with Gasteiger partial charge in [0.25, 0.3) is 0 Å². The maximum Gasteiger partial charge on any atom is 0.249 e. The summed E-state index contributed by atoms with van der Waals surface area (Å²) < 4.78 is 37.7. The molecule has 96 valence electrons. The van der Waals surface area contributed by atoms with Gasteiger partial charge in [-0.15, -0.1) is 0 Å². The van der Waals surface area contributed by atoms with Crippen molar-refractivity contribution in [3.8, 4) is 0 Å². The normalized spacial score (nSPS) is 24.5. The Morgan fingerprint density at radius 3 is 2.61 bits per heavy atom. The van der Waals surface area contributed by atoms with Crippen LogP contribution >= 0.6 is 0 Å². The van der Waals surface area contributed by atoms with Gasteiger partial charge in [-0.3, -0.25) is 13.8 Å². The van der Waals surface area contributed by atoms with Gasteiger partial charge in [0, 0.05) is 16.9 Å². The number of hydrogen-bond donors (Lipinski definition) is 0. The van der Waals surface area contributed by atoms with Crippen LogP contribution in [0, 0.1) is 11.6 Å². The number of rotatable bonds is 1. The van der Waals surface area contributed by atoms with E-state index in [0.29, 0.717) is 11.0 Å². The Bertz CT molecular complexity index is 561. The molecule has 0 aromatic heterocycles. The molecule has 2 rings (SSSR count). The van der Waals surface area contributed by atoms with Crippen LogP contribution in [0.3, 0.4) is 0 Å². The summed E-state index contributed by atoms with van der Waals surface area (Å²) in [6.45, 7) is 1.40. The first kappa shape index (κ1) is 12.8. The summed E-state index contributed by atoms with van der Waals surface area (Å²) in [5, 5.41) is -0.882. The van der Waals surface area contributed by atoms with Gasteiger partial charge in [0.15, 0.2) is 0 Å². The minimum atomic E-state index is -1.59. The van der Waals surface area contributed by atoms with Crippen molar-refractivity contribution in [1.29, 1.82) is 0 Å². The second kappa shape index (κ2) is 4.56. The van der Waals surface area contributed by atoms with E-state index in [2.05, 4.69) is 0 Å². The van der Waals surface area contributed by atoms with Crippen LogP contribution in [0.2, 0.25) is 0 Å². The first-order valence-corrected chi connectivity index (χ1v) is 6.49. The number of carbonyl (C=O) groups excluding carboxylic acids is 2. The van der Waals surface area contributed by atoms with Gasteiger partial charge in [0.05, 0.1) is 5.69 Å². The molecule has 1 fully saturated rings. The fraction of sp³-hybridized carbons (Fsp3) is 0.273. The molecule has 2 atom stereocenters. The van der Waals surface area contributed by atoms with E-state index in [4.69, 9.17) is 0 Å². The lowest BCUT2D eigenvalue weighted by atomic mass is 10.2. The Hall–Kier alpha value is -1.63. The minimum Gasteiger partial charge on any atom is -0.273 e. The largest absolute Gasteiger partial charge is 0.273 e. The fourth-order valence-electron chi connectivity index (χ4n) is 1.64. The Morgan fingerprint density at radius 2 is 2.00 bits per heavy atom. The number of halogens is 2. The van der Waals surface area contributed by atoms with E-state index in [1.165, 1.54) is 6.92 Å². The molecule has 0 N–H and O–H groups in total. The number of nitrogens with zero attached hydrogens (tertiary/aromatic N) is 1. The Labute approximate surface area is 104 Å². The van der Waals surface area contributed by atoms with Gasteiger partial charge in [0.2, 0.25) is 11.8 Å². The van der Waals surface area contributed by atoms with E-state index < -0.39 is 39.5 Å². The van der Waals surface area contributed by atoms with Gasteiger partial charge >= 0.3 is 0 Å². The zero-order valence-electron chi connectivity index (χ0n) is 9.35. The molecule has 1 aromatic rings. The van der Waals surface area contributed by atoms with Gasteiger partial charge in [-0.1, -0.05) is 0 Å². The molecule has 0 aliphatic carbocycles. The summed E-state index contributed by atoms with van der Waals surface area (Å²) in [6, 6.07) is 2.56. The lowest BCUT2D eigenvalue weighted by Crippen LogP contribution is -2.52. The van der Waals surface area contributed by atoms with Crippen LogP contribution in [-0.2, 0) is 20.4 Å². The molecule has 0 unspecified atom stereocenters. The molecule has 2 amide bonds. The SMILES string of the molecule is C[C@@H]1C(=O)N(c2ccc(F)cc2F)C(=O)C[S@@]1=O. The van der Waals surface area contributed by atoms with Crippen LogP contribution in [0.25, 0.3) is 0 Å². The van der Waals surface area contributed by atoms with Crippen LogP contribution in [0.15, 0.2) is 18.2 Å². The molecule has 1 saturated heterocycles. The van der Waals surface area contributed by atoms with E-state index in [1.54, 1.807) is 0 Å². The maximum absolute atomic E-state index is 13.5. The predicted octanol–water partition coefficient (Wildman–Crippen LogP) is 0.975. The molecule has 1 aromatic carbocycles. The highest BCUT2D eigenvalue weighted by atomic mass is 32.2. The number of benzene rings is 1. The monoisotopic (exact) mass is 273 g/mol. The summed E-state index contributed by atoms with van der Waals surface area (Å²) in [5.41, 5.74) is -0.310. The smallest absolute Gasteiger partial charge is 0.249 e. The third-order valence-electron chi connectivity index (χ3n) is 2.63. The van der Waals surface area contributed by atoms with E-state index in [1.807, 2.05) is 0 Å². The number of imide groups is 1. The molecule has 1 aliphatic rings. The van der Waals surface area contributed by atoms with Crippen molar-refractivity contribution >= 4 is 28.3 Å². The van der Waals surface area contributed by atoms with Crippen LogP contribution < -0.4 is 4.90 Å². The van der Waals surface area contributed by atoms with Crippen molar-refractivity contribution in [1.82, 2.24) is 0 Å². The molecule has 18 heavy (non-hydrogen) atoms. The minimum absolute atomic E-state index is 0.310. The lowest BCUT2D eigenvalue weighted by Gasteiger charge is -2.28. The zero-order chi connectivity index (χ0) is 13.4. The number of hydrogen-bond acceptors (Lipinski definition) is 3. The standard InChI is InChI=1S/C11H9F2NO3S/c1-6-11(16)14(10(15)5-18(6)17)9-3-2-7(12)4-8(9)13/h2-4,6H,5H2,1H3/t6-,18+/m1/s1. The summed E-state index contributed by atoms with van der Waals surface area (Å²) in [4.78, 5) is 24.1. The van der Waals surface area contributed by atoms with E-state index in [0.717, 1.165) is 12.1 Å². The summed E-state index contributed by atoms with van der Waals surface area (Å²) in [7, 11) is -1.59. The van der Waals surface area contributed by atoms with Crippen molar-refractivity contribution in [2.45, 2.75) is 12.2 Å². The average molecular weight is 273 g/mol. The third-order valence-corrected chi connectivity index (χ3v) is 4.15. The van der Waals surface area contributed by atoms with Gasteiger partial charge in [0.1, 0.15) is 22.6 Å². The molecular formula is C11H9F2NO3S. The van der Waals surface area contributed by atoms with Crippen LogP contribution in [0.1, 0.15) is 6.92 Å². The van der Waals surface area contributed by atoms with E-state index >= 15 is 0 Å². The maximum atomic E-state index is 13.5. The zero-order valence-corrected chi connectivity index (χ0v) is 10.2. The Morgan fingerprint density at radius 1 is 1.33 bits per heavy atom. The highest BCUT2D eigenvalue weighted by Crippen LogP contribution is 2.24. The lowest BCUT2D eigenvalue weighted by molar-refractivity contribution is -0.125. The number of carbonyl (C=O) groups is 2. The molecule has 0 bridgehead atoms. The molecule has 7 heteroatoms. The Kier molecular flexibility index (Phi) is 3.25. The van der Waals surface area contributed by atoms with Crippen molar-refractivity contribution < 1.29 is 22.6 Å². The summed E-state index contributed by atoms with van der Waals surface area (Å²) >= 11 is 0. The van der Waals surface area contributed by atoms with Crippen molar-refractivity contribution in [3.63, 3.8) is 0 Å². The first-order chi connectivity index (χ1) is 8.41. The predicted molar refractivity (Wildman–Crippen MR) is 61.3 cm³/mol. The van der Waals surface area contributed by atoms with Gasteiger partial charge in [-0.25, -0.2) is 13.7 Å². The molecule has 1 heterocycles. The quantitative estimate of drug-likeness (QED) is 0.717. The van der Waals surface area contributed by atoms with E-state index in [9.17, 15) is 22.6 Å². The van der Waals surface area contributed by atoms with Crippen molar-refractivity contribution in [3.05, 3.63) is 29.8 Å². The van der Waals surface area contributed by atoms with Crippen molar-refractivity contribution in [2.75, 3.05) is 10.7 Å². The summed E-state index contributed by atoms with van der Waals surface area (Å²) in [6.07, 6.45) is 0. The Balaban J connectivity index is 2.46. The second-order valence-corrected chi connectivity index (χ2v) is 5.59. The second-order valence-electron chi connectivity index (χ2n) is 3.83. The molecule has 0 saturated carbocycles. The molecule has 4 nitrogen and oxygen atoms in total. The van der Waals surface area contributed by atoms with E-state index in [-0.39, 0.29) is 11.4 Å². The number of amides is 2. The van der Waals surface area contributed by atoms with Crippen LogP contribution in [-0.4, -0.2) is 27.0 Å². The van der Waals surface area contributed by atoms with Gasteiger partial charge < -0.3 is 0 Å². The van der Waals surface area contributed by atoms with Crippen LogP contribution in [0.5, 0.6) is 0 Å². The molecule has 0 spiro atoms. The van der Waals surface area contributed by atoms with Gasteiger partial charge in [-0.05, 0) is 19.1 Å². The molecular weight excluding hydrogens is 264 g/mol. The highest BCUT2D eigenvalue weighted by molar-refractivity contribution is 7.87. The topological polar surface area (TPSA) is 54.5 Å². The highest BCUT2D eigenvalue weighted by Gasteiger charge is 2.38. The van der Waals surface area contributed by atoms with Crippen LogP contribution in [0.4, 0.5) is 14.5 Å². The average Bonchev–Trinajstić information content (AvgIpc) is 2.29.